The van der Waals surface area contributed by atoms with Crippen molar-refractivity contribution in [2.75, 3.05) is 21.3 Å². The van der Waals surface area contributed by atoms with Crippen LogP contribution in [0.2, 0.25) is 0 Å². The monoisotopic (exact) mass is 576 g/mol. The summed E-state index contributed by atoms with van der Waals surface area (Å²) in [5.41, 5.74) is 3.51. The van der Waals surface area contributed by atoms with Crippen molar-refractivity contribution < 1.29 is 19.2 Å². The number of hydrogen-bond acceptors (Lipinski definition) is 4. The van der Waals surface area contributed by atoms with Gasteiger partial charge in [0.05, 0.1) is 0 Å². The third-order valence-electron chi connectivity index (χ3n) is 6.69. The number of anilines is 4. The van der Waals surface area contributed by atoms with Crippen LogP contribution in [0, 0.1) is 0 Å². The predicted molar refractivity (Wildman–Crippen MR) is 171 cm³/mol. The molecule has 0 unspecified atom stereocenters. The average Bonchev–Trinajstić information content (AvgIpc) is 3.02. The van der Waals surface area contributed by atoms with E-state index in [1.165, 1.54) is 0 Å². The largest absolute Gasteiger partial charge is 0.326 e. The Hall–Kier alpha value is -5.24. The minimum absolute atomic E-state index is 0.0975. The molecule has 0 atom stereocenters. The first-order valence-electron chi connectivity index (χ1n) is 14.5. The van der Waals surface area contributed by atoms with Crippen molar-refractivity contribution >= 4 is 46.4 Å². The number of rotatable bonds is 14. The molecule has 0 aliphatic rings. The van der Waals surface area contributed by atoms with Gasteiger partial charge in [-0.05, 0) is 73.5 Å². The molecule has 0 aromatic heterocycles. The smallest absolute Gasteiger partial charge is 0.255 e. The Kier molecular flexibility index (Phi) is 11.6. The Morgan fingerprint density at radius 2 is 0.767 bits per heavy atom. The van der Waals surface area contributed by atoms with Crippen LogP contribution in [0.3, 0.4) is 0 Å². The molecule has 4 N–H and O–H groups in total. The van der Waals surface area contributed by atoms with Crippen molar-refractivity contribution in [2.45, 2.75) is 44.9 Å². The van der Waals surface area contributed by atoms with Crippen molar-refractivity contribution in [1.29, 1.82) is 0 Å². The van der Waals surface area contributed by atoms with Crippen molar-refractivity contribution in [2.24, 2.45) is 0 Å². The van der Waals surface area contributed by atoms with Gasteiger partial charge in [-0.25, -0.2) is 0 Å². The Morgan fingerprint density at radius 3 is 1.19 bits per heavy atom. The molecule has 8 heteroatoms. The maximum atomic E-state index is 12.5. The van der Waals surface area contributed by atoms with Crippen molar-refractivity contribution in [1.82, 2.24) is 0 Å². The van der Waals surface area contributed by atoms with Gasteiger partial charge in [-0.2, -0.15) is 0 Å². The van der Waals surface area contributed by atoms with E-state index in [0.29, 0.717) is 46.7 Å². The summed E-state index contributed by atoms with van der Waals surface area (Å²) in [4.78, 5) is 49.8. The molecular formula is C35H36N4O4. The van der Waals surface area contributed by atoms with Gasteiger partial charge in [-0.3, -0.25) is 19.2 Å². The van der Waals surface area contributed by atoms with Crippen molar-refractivity contribution in [3.05, 3.63) is 120 Å². The quantitative estimate of drug-likeness (QED) is 0.116. The van der Waals surface area contributed by atoms with Crippen LogP contribution in [0.5, 0.6) is 0 Å². The highest BCUT2D eigenvalue weighted by molar-refractivity contribution is 6.06. The molecule has 220 valence electrons. The van der Waals surface area contributed by atoms with Crippen LogP contribution >= 0.6 is 0 Å². The van der Waals surface area contributed by atoms with E-state index < -0.39 is 0 Å². The van der Waals surface area contributed by atoms with Crippen molar-refractivity contribution in [3.8, 4) is 0 Å². The molecule has 0 aliphatic carbocycles. The third-order valence-corrected chi connectivity index (χ3v) is 6.69. The minimum Gasteiger partial charge on any atom is -0.326 e. The molecule has 0 heterocycles. The second kappa shape index (κ2) is 16.3. The lowest BCUT2D eigenvalue weighted by molar-refractivity contribution is -0.117. The molecule has 4 amide bonds. The molecule has 0 aliphatic heterocycles. The first-order valence-corrected chi connectivity index (χ1v) is 14.5. The summed E-state index contributed by atoms with van der Waals surface area (Å²) in [6.45, 7) is 0. The fourth-order valence-corrected chi connectivity index (χ4v) is 4.47. The van der Waals surface area contributed by atoms with E-state index in [1.54, 1.807) is 48.5 Å². The molecule has 0 saturated carbocycles. The fraction of sp³-hybridized carbons (Fsp3) is 0.200. The molecule has 0 fully saturated rings. The SMILES string of the molecule is O=C(CCCCCCCC(=O)Nc1cccc(C(=O)Nc2ccccc2)c1)Nc1cccc(C(=O)Nc2ccccc2)c1. The summed E-state index contributed by atoms with van der Waals surface area (Å²) in [7, 11) is 0. The van der Waals surface area contributed by atoms with E-state index in [9.17, 15) is 19.2 Å². The topological polar surface area (TPSA) is 116 Å². The fourth-order valence-electron chi connectivity index (χ4n) is 4.47. The summed E-state index contributed by atoms with van der Waals surface area (Å²) < 4.78 is 0. The summed E-state index contributed by atoms with van der Waals surface area (Å²) in [6.07, 6.45) is 4.93. The van der Waals surface area contributed by atoms with Crippen LogP contribution in [-0.2, 0) is 9.59 Å². The number of nitrogens with one attached hydrogen (secondary N) is 4. The van der Waals surface area contributed by atoms with Crippen LogP contribution < -0.4 is 21.3 Å². The molecule has 4 aromatic rings. The number of unbranched alkanes of at least 4 members (excludes halogenated alkanes) is 4. The number of carbonyl (C=O) groups excluding carboxylic acids is 4. The lowest BCUT2D eigenvalue weighted by atomic mass is 10.1. The number of para-hydroxylation sites is 2. The Labute approximate surface area is 251 Å². The van der Waals surface area contributed by atoms with E-state index in [1.807, 2.05) is 60.7 Å². The summed E-state index contributed by atoms with van der Waals surface area (Å²) in [5.74, 6) is -0.675. The highest BCUT2D eigenvalue weighted by Gasteiger charge is 2.10. The average molecular weight is 577 g/mol. The second-order valence-electron chi connectivity index (χ2n) is 10.2. The number of benzene rings is 4. The molecule has 8 nitrogen and oxygen atoms in total. The van der Waals surface area contributed by atoms with Crippen LogP contribution in [0.4, 0.5) is 22.7 Å². The standard InChI is InChI=1S/C35H36N4O4/c40-32(36-30-20-12-14-26(24-30)34(42)38-28-16-6-4-7-17-28)22-10-2-1-3-11-23-33(41)37-31-21-13-15-27(25-31)35(43)39-29-18-8-5-9-19-29/h4-9,12-21,24-25H,1-3,10-11,22-23H2,(H,36,40)(H,37,41)(H,38,42)(H,39,43). The Morgan fingerprint density at radius 1 is 0.395 bits per heavy atom. The molecule has 4 aromatic carbocycles. The molecular weight excluding hydrogens is 540 g/mol. The maximum absolute atomic E-state index is 12.5. The van der Waals surface area contributed by atoms with Gasteiger partial charge in [-0.1, -0.05) is 67.8 Å². The van der Waals surface area contributed by atoms with Gasteiger partial charge < -0.3 is 21.3 Å². The van der Waals surface area contributed by atoms with Crippen LogP contribution in [0.1, 0.15) is 65.7 Å². The van der Waals surface area contributed by atoms with E-state index >= 15 is 0 Å². The van der Waals surface area contributed by atoms with Gasteiger partial charge in [0.25, 0.3) is 11.8 Å². The van der Waals surface area contributed by atoms with E-state index in [-0.39, 0.29) is 23.6 Å². The number of hydrogen-bond donors (Lipinski definition) is 4. The van der Waals surface area contributed by atoms with Crippen LogP contribution in [0.25, 0.3) is 0 Å². The first kappa shape index (κ1) is 30.7. The normalized spacial score (nSPS) is 10.4. The predicted octanol–water partition coefficient (Wildman–Crippen LogP) is 7.50. The lowest BCUT2D eigenvalue weighted by Gasteiger charge is -2.09. The van der Waals surface area contributed by atoms with Gasteiger partial charge >= 0.3 is 0 Å². The van der Waals surface area contributed by atoms with E-state index in [2.05, 4.69) is 21.3 Å². The zero-order valence-electron chi connectivity index (χ0n) is 24.0. The van der Waals surface area contributed by atoms with Gasteiger partial charge in [-0.15, -0.1) is 0 Å². The molecule has 0 spiro atoms. The number of carbonyl (C=O) groups is 4. The summed E-state index contributed by atoms with van der Waals surface area (Å²) in [5, 5.41) is 11.4. The van der Waals surface area contributed by atoms with Gasteiger partial charge in [0, 0.05) is 46.7 Å². The summed E-state index contributed by atoms with van der Waals surface area (Å²) in [6, 6.07) is 32.2. The molecule has 4 rings (SSSR count). The molecule has 43 heavy (non-hydrogen) atoms. The minimum atomic E-state index is -0.240. The van der Waals surface area contributed by atoms with Gasteiger partial charge in [0.15, 0.2) is 0 Å². The van der Waals surface area contributed by atoms with E-state index in [4.69, 9.17) is 0 Å². The maximum Gasteiger partial charge on any atom is 0.255 e. The zero-order chi connectivity index (χ0) is 30.3. The van der Waals surface area contributed by atoms with Crippen molar-refractivity contribution in [3.63, 3.8) is 0 Å². The molecule has 0 radical (unpaired) electrons. The highest BCUT2D eigenvalue weighted by Crippen LogP contribution is 2.17. The zero-order valence-corrected chi connectivity index (χ0v) is 24.0. The van der Waals surface area contributed by atoms with E-state index in [0.717, 1.165) is 32.1 Å². The van der Waals surface area contributed by atoms with Gasteiger partial charge in [0.2, 0.25) is 11.8 Å². The Balaban J connectivity index is 1.09. The van der Waals surface area contributed by atoms with Gasteiger partial charge in [0.1, 0.15) is 0 Å². The first-order chi connectivity index (χ1) is 21.0. The van der Waals surface area contributed by atoms with Crippen LogP contribution in [0.15, 0.2) is 109 Å². The Bertz CT molecular complexity index is 1410. The number of amides is 4. The lowest BCUT2D eigenvalue weighted by Crippen LogP contribution is -2.14. The summed E-state index contributed by atoms with van der Waals surface area (Å²) >= 11 is 0. The third kappa shape index (κ3) is 10.6. The molecule has 0 saturated heterocycles. The molecule has 0 bridgehead atoms. The highest BCUT2D eigenvalue weighted by atomic mass is 16.2. The second-order valence-corrected chi connectivity index (χ2v) is 10.2. The van der Waals surface area contributed by atoms with Crippen LogP contribution in [-0.4, -0.2) is 23.6 Å².